The number of aromatic hydroxyl groups is 1. The molecule has 0 aromatic heterocycles. The van der Waals surface area contributed by atoms with E-state index >= 15 is 0 Å². The number of hydrogen-bond acceptors (Lipinski definition) is 4. The van der Waals surface area contributed by atoms with Gasteiger partial charge in [-0.1, -0.05) is 34.1 Å². The minimum atomic E-state index is -3.93. The molecule has 0 aliphatic heterocycles. The Morgan fingerprint density at radius 3 is 2.41 bits per heavy atom. The normalized spacial score (nSPS) is 12.0. The van der Waals surface area contributed by atoms with Crippen LogP contribution in [0.1, 0.15) is 5.56 Å². The van der Waals surface area contributed by atoms with E-state index in [4.69, 9.17) is 0 Å². The second kappa shape index (κ2) is 6.65. The van der Waals surface area contributed by atoms with Gasteiger partial charge in [0.15, 0.2) is 0 Å². The molecule has 2 aromatic carbocycles. The van der Waals surface area contributed by atoms with E-state index in [-0.39, 0.29) is 16.2 Å². The molecule has 0 unspecified atom stereocenters. The molecule has 0 spiro atoms. The highest BCUT2D eigenvalue weighted by atomic mass is 79.9. The number of nitrogens with zero attached hydrogens (tertiary/aromatic N) is 1. The van der Waals surface area contributed by atoms with Gasteiger partial charge in [-0.15, -0.1) is 0 Å². The van der Waals surface area contributed by atoms with E-state index in [9.17, 15) is 18.8 Å². The maximum Gasteiger partial charge on any atom is 0.216 e. The Bertz CT molecular complexity index is 885. The average molecular weight is 443 g/mol. The Morgan fingerprint density at radius 2 is 1.82 bits per heavy atom. The molecule has 0 heterocycles. The Balaban J connectivity index is 2.61. The molecule has 7 heteroatoms. The monoisotopic (exact) mass is 441 g/mol. The molecule has 0 fully saturated rings. The van der Waals surface area contributed by atoms with Crippen molar-refractivity contribution < 1.29 is 13.5 Å². The van der Waals surface area contributed by atoms with Gasteiger partial charge in [0, 0.05) is 10.0 Å². The van der Waals surface area contributed by atoms with Crippen LogP contribution in [-0.4, -0.2) is 13.5 Å². The van der Waals surface area contributed by atoms with Crippen LogP contribution in [0, 0.1) is 11.3 Å². The van der Waals surface area contributed by atoms with Gasteiger partial charge < -0.3 is 5.11 Å². The van der Waals surface area contributed by atoms with Crippen molar-refractivity contribution in [1.82, 2.24) is 0 Å². The minimum Gasteiger partial charge on any atom is -0.506 e. The van der Waals surface area contributed by atoms with Crippen LogP contribution in [0.2, 0.25) is 0 Å². The first-order valence-electron chi connectivity index (χ1n) is 5.96. The molecule has 2 rings (SSSR count). The molecule has 0 amide bonds. The fraction of sp³-hybridized carbons (Fsp3) is 0. The van der Waals surface area contributed by atoms with Crippen LogP contribution in [0.25, 0.3) is 6.08 Å². The van der Waals surface area contributed by atoms with Crippen molar-refractivity contribution in [1.29, 1.82) is 5.26 Å². The fourth-order valence-corrected chi connectivity index (χ4v) is 4.16. The summed E-state index contributed by atoms with van der Waals surface area (Å²) >= 11 is 6.41. The molecule has 0 saturated heterocycles. The molecule has 112 valence electrons. The Labute approximate surface area is 144 Å². The van der Waals surface area contributed by atoms with Gasteiger partial charge >= 0.3 is 0 Å². The third-order valence-electron chi connectivity index (χ3n) is 2.80. The molecule has 0 radical (unpaired) electrons. The van der Waals surface area contributed by atoms with Crippen molar-refractivity contribution in [2.24, 2.45) is 0 Å². The van der Waals surface area contributed by atoms with E-state index in [0.717, 1.165) is 6.08 Å². The smallest absolute Gasteiger partial charge is 0.216 e. The van der Waals surface area contributed by atoms with E-state index in [1.807, 2.05) is 0 Å². The molecule has 0 aliphatic rings. The molecule has 22 heavy (non-hydrogen) atoms. The molecule has 1 N–H and O–H groups in total. The number of phenols is 1. The Morgan fingerprint density at radius 1 is 1.18 bits per heavy atom. The van der Waals surface area contributed by atoms with Gasteiger partial charge in [-0.05, 0) is 46.3 Å². The second-order valence-corrected chi connectivity index (χ2v) is 7.95. The summed E-state index contributed by atoms with van der Waals surface area (Å²) in [5, 5.41) is 19.2. The van der Waals surface area contributed by atoms with Crippen LogP contribution in [0.3, 0.4) is 0 Å². The lowest BCUT2D eigenvalue weighted by atomic mass is 10.2. The van der Waals surface area contributed by atoms with Gasteiger partial charge in [0.2, 0.25) is 9.84 Å². The number of sulfone groups is 1. The number of allylic oxidation sites excluding steroid dienone is 1. The number of hydrogen-bond donors (Lipinski definition) is 1. The van der Waals surface area contributed by atoms with Crippen molar-refractivity contribution in [2.45, 2.75) is 4.90 Å². The van der Waals surface area contributed by atoms with Gasteiger partial charge in [0.25, 0.3) is 0 Å². The highest BCUT2D eigenvalue weighted by Crippen LogP contribution is 2.34. The molecule has 0 atom stereocenters. The van der Waals surface area contributed by atoms with E-state index in [1.165, 1.54) is 18.2 Å². The number of nitriles is 1. The number of benzene rings is 2. The van der Waals surface area contributed by atoms with Crippen molar-refractivity contribution >= 4 is 47.8 Å². The Kier molecular flexibility index (Phi) is 5.06. The summed E-state index contributed by atoms with van der Waals surface area (Å²) in [5.41, 5.74) is 0.220. The zero-order chi connectivity index (χ0) is 16.3. The minimum absolute atomic E-state index is 0.0244. The average Bonchev–Trinajstić information content (AvgIpc) is 2.50. The molecule has 0 aliphatic carbocycles. The maximum atomic E-state index is 12.5. The number of halogens is 2. The number of phenolic OH excluding ortho intramolecular Hbond substituents is 1. The van der Waals surface area contributed by atoms with Gasteiger partial charge in [-0.2, -0.15) is 5.26 Å². The fourth-order valence-electron chi connectivity index (χ4n) is 1.73. The molecule has 4 nitrogen and oxygen atoms in total. The summed E-state index contributed by atoms with van der Waals surface area (Å²) < 4.78 is 25.9. The van der Waals surface area contributed by atoms with Crippen molar-refractivity contribution in [3.63, 3.8) is 0 Å². The lowest BCUT2D eigenvalue weighted by Gasteiger charge is -2.06. The summed E-state index contributed by atoms with van der Waals surface area (Å²) in [4.78, 5) is -0.421. The highest BCUT2D eigenvalue weighted by molar-refractivity contribution is 9.11. The third-order valence-corrected chi connectivity index (χ3v) is 5.54. The summed E-state index contributed by atoms with van der Waals surface area (Å²) in [7, 11) is -3.93. The van der Waals surface area contributed by atoms with Crippen LogP contribution in [0.15, 0.2) is 61.2 Å². The van der Waals surface area contributed by atoms with Crippen molar-refractivity contribution in [3.05, 3.63) is 61.9 Å². The second-order valence-electron chi connectivity index (χ2n) is 4.26. The van der Waals surface area contributed by atoms with Gasteiger partial charge in [-0.3, -0.25) is 0 Å². The largest absolute Gasteiger partial charge is 0.506 e. The molecule has 2 aromatic rings. The first kappa shape index (κ1) is 16.7. The van der Waals surface area contributed by atoms with E-state index in [0.29, 0.717) is 8.95 Å². The zero-order valence-corrected chi connectivity index (χ0v) is 15.0. The van der Waals surface area contributed by atoms with Crippen LogP contribution < -0.4 is 0 Å². The lowest BCUT2D eigenvalue weighted by molar-refractivity contribution is 0.470. The zero-order valence-electron chi connectivity index (χ0n) is 11.0. The van der Waals surface area contributed by atoms with Crippen LogP contribution in [-0.2, 0) is 9.84 Å². The summed E-state index contributed by atoms with van der Waals surface area (Å²) in [5.74, 6) is -0.140. The number of rotatable bonds is 3. The third kappa shape index (κ3) is 3.40. The SMILES string of the molecule is N#CC(=Cc1cc(Br)cc(Br)c1O)S(=O)(=O)c1ccccc1. The predicted molar refractivity (Wildman–Crippen MR) is 90.7 cm³/mol. The summed E-state index contributed by atoms with van der Waals surface area (Å²) in [6, 6.07) is 12.5. The van der Waals surface area contributed by atoms with Gasteiger partial charge in [0.1, 0.15) is 16.7 Å². The molecule has 0 saturated carbocycles. The summed E-state index contributed by atoms with van der Waals surface area (Å²) in [6.07, 6.45) is 1.15. The predicted octanol–water partition coefficient (Wildman–Crippen LogP) is 4.26. The highest BCUT2D eigenvalue weighted by Gasteiger charge is 2.21. The van der Waals surface area contributed by atoms with E-state index in [1.54, 1.807) is 30.3 Å². The first-order chi connectivity index (χ1) is 10.4. The standard InChI is InChI=1S/C15H9Br2NO3S/c16-11-6-10(15(19)14(17)8-11)7-13(9-18)22(20,21)12-4-2-1-3-5-12/h1-8,19H. The topological polar surface area (TPSA) is 78.2 Å². The van der Waals surface area contributed by atoms with Crippen LogP contribution in [0.4, 0.5) is 0 Å². The van der Waals surface area contributed by atoms with Crippen molar-refractivity contribution in [3.8, 4) is 11.8 Å². The van der Waals surface area contributed by atoms with Gasteiger partial charge in [-0.25, -0.2) is 8.42 Å². The molecular weight excluding hydrogens is 434 g/mol. The van der Waals surface area contributed by atoms with Crippen molar-refractivity contribution in [2.75, 3.05) is 0 Å². The Hall–Kier alpha value is -1.62. The first-order valence-corrected chi connectivity index (χ1v) is 9.03. The lowest BCUT2D eigenvalue weighted by Crippen LogP contribution is -2.03. The molecule has 0 bridgehead atoms. The molecular formula is C15H9Br2NO3S. The summed E-state index contributed by atoms with van der Waals surface area (Å²) in [6.45, 7) is 0. The van der Waals surface area contributed by atoms with Crippen LogP contribution >= 0.6 is 31.9 Å². The quantitative estimate of drug-likeness (QED) is 0.720. The van der Waals surface area contributed by atoms with E-state index in [2.05, 4.69) is 31.9 Å². The maximum absolute atomic E-state index is 12.5. The van der Waals surface area contributed by atoms with Gasteiger partial charge in [0.05, 0.1) is 9.37 Å². The van der Waals surface area contributed by atoms with E-state index < -0.39 is 14.7 Å². The van der Waals surface area contributed by atoms with Crippen LogP contribution in [0.5, 0.6) is 5.75 Å².